The van der Waals surface area contributed by atoms with E-state index in [0.29, 0.717) is 12.3 Å². The fourth-order valence-electron chi connectivity index (χ4n) is 3.27. The Morgan fingerprint density at radius 2 is 1.96 bits per heavy atom. The van der Waals surface area contributed by atoms with E-state index in [9.17, 15) is 4.79 Å². The second-order valence-electron chi connectivity index (χ2n) is 6.28. The van der Waals surface area contributed by atoms with Crippen molar-refractivity contribution in [3.8, 4) is 5.69 Å². The highest BCUT2D eigenvalue weighted by Gasteiger charge is 2.25. The van der Waals surface area contributed by atoms with Gasteiger partial charge in [0.15, 0.2) is 5.65 Å². The number of nitrogens with zero attached hydrogens (tertiary/aromatic N) is 5. The van der Waals surface area contributed by atoms with Crippen LogP contribution in [0, 0.1) is 20.8 Å². The molecule has 0 aliphatic heterocycles. The van der Waals surface area contributed by atoms with Crippen molar-refractivity contribution in [2.75, 3.05) is 6.61 Å². The third kappa shape index (κ3) is 2.90. The monoisotopic (exact) mass is 341 g/mol. The molecule has 0 aliphatic rings. The summed E-state index contributed by atoms with van der Waals surface area (Å²) in [5.41, 5.74) is 5.10. The molecule has 3 aromatic heterocycles. The Kier molecular flexibility index (Phi) is 4.32. The van der Waals surface area contributed by atoms with Crippen molar-refractivity contribution in [3.63, 3.8) is 0 Å². The van der Waals surface area contributed by atoms with E-state index >= 15 is 0 Å². The molecule has 0 aromatic carbocycles. The molecule has 1 unspecified atom stereocenters. The number of carbonyl (C=O) groups excluding carboxylic acids is 1. The average molecular weight is 341 g/mol. The third-order valence-corrected chi connectivity index (χ3v) is 4.42. The van der Waals surface area contributed by atoms with Crippen LogP contribution in [0.5, 0.6) is 0 Å². The van der Waals surface area contributed by atoms with Crippen molar-refractivity contribution in [1.29, 1.82) is 0 Å². The zero-order chi connectivity index (χ0) is 18.3. The molecule has 0 bridgehead atoms. The maximum absolute atomic E-state index is 12.2. The zero-order valence-corrected chi connectivity index (χ0v) is 15.5. The Bertz CT molecular complexity index is 954. The Morgan fingerprint density at radius 1 is 1.24 bits per heavy atom. The molecule has 0 radical (unpaired) electrons. The van der Waals surface area contributed by atoms with Gasteiger partial charge in [-0.25, -0.2) is 9.67 Å². The van der Waals surface area contributed by atoms with E-state index in [2.05, 4.69) is 15.2 Å². The first-order valence-electron chi connectivity index (χ1n) is 8.37. The summed E-state index contributed by atoms with van der Waals surface area (Å²) in [6.45, 7) is 9.86. The summed E-state index contributed by atoms with van der Waals surface area (Å²) in [6, 6.07) is 2.03. The first-order chi connectivity index (χ1) is 11.8. The van der Waals surface area contributed by atoms with E-state index in [1.54, 1.807) is 4.68 Å². The minimum atomic E-state index is -0.357. The molecule has 0 fully saturated rings. The van der Waals surface area contributed by atoms with Crippen molar-refractivity contribution >= 4 is 17.0 Å². The molecule has 25 heavy (non-hydrogen) atoms. The van der Waals surface area contributed by atoms with Crippen LogP contribution in [0.25, 0.3) is 16.7 Å². The van der Waals surface area contributed by atoms with Gasteiger partial charge >= 0.3 is 5.97 Å². The van der Waals surface area contributed by atoms with Gasteiger partial charge in [-0.2, -0.15) is 10.2 Å². The van der Waals surface area contributed by atoms with Crippen molar-refractivity contribution in [3.05, 3.63) is 34.9 Å². The van der Waals surface area contributed by atoms with Crippen molar-refractivity contribution in [2.45, 2.75) is 40.5 Å². The van der Waals surface area contributed by atoms with E-state index in [4.69, 9.17) is 4.74 Å². The lowest BCUT2D eigenvalue weighted by Crippen LogP contribution is -2.14. The third-order valence-electron chi connectivity index (χ3n) is 4.42. The number of hydrogen-bond donors (Lipinski definition) is 0. The van der Waals surface area contributed by atoms with Gasteiger partial charge in [0.2, 0.25) is 0 Å². The Morgan fingerprint density at radius 3 is 2.64 bits per heavy atom. The second-order valence-corrected chi connectivity index (χ2v) is 6.28. The molecule has 7 nitrogen and oxygen atoms in total. The molecule has 132 valence electrons. The predicted octanol–water partition coefficient (Wildman–Crippen LogP) is 2.75. The fourth-order valence-corrected chi connectivity index (χ4v) is 3.27. The van der Waals surface area contributed by atoms with Crippen molar-refractivity contribution < 1.29 is 9.53 Å². The molecule has 0 spiro atoms. The van der Waals surface area contributed by atoms with Crippen LogP contribution in [0.3, 0.4) is 0 Å². The molecule has 0 amide bonds. The normalized spacial score (nSPS) is 12.6. The average Bonchev–Trinajstić information content (AvgIpc) is 3.04. The zero-order valence-electron chi connectivity index (χ0n) is 15.5. The summed E-state index contributed by atoms with van der Waals surface area (Å²) in [5, 5.41) is 9.95. The van der Waals surface area contributed by atoms with Gasteiger partial charge in [-0.3, -0.25) is 9.48 Å². The number of pyridine rings is 1. The van der Waals surface area contributed by atoms with Crippen LogP contribution in [0.15, 0.2) is 12.3 Å². The van der Waals surface area contributed by atoms with Gasteiger partial charge in [0, 0.05) is 29.9 Å². The van der Waals surface area contributed by atoms with Crippen LogP contribution in [0.2, 0.25) is 0 Å². The minimum absolute atomic E-state index is 0.231. The van der Waals surface area contributed by atoms with E-state index in [-0.39, 0.29) is 11.9 Å². The Balaban J connectivity index is 2.11. The highest BCUT2D eigenvalue weighted by Crippen LogP contribution is 2.28. The molecule has 0 saturated carbocycles. The van der Waals surface area contributed by atoms with Gasteiger partial charge in [-0.05, 0) is 40.7 Å². The number of aryl methyl sites for hydroxylation is 3. The van der Waals surface area contributed by atoms with Crippen LogP contribution >= 0.6 is 0 Å². The number of fused-ring (bicyclic) bond motifs is 1. The fraction of sp³-hybridized carbons (Fsp3) is 0.444. The minimum Gasteiger partial charge on any atom is -0.466 e. The number of carbonyl (C=O) groups is 1. The molecular formula is C18H23N5O2. The molecule has 0 aliphatic carbocycles. The highest BCUT2D eigenvalue weighted by atomic mass is 16.5. The van der Waals surface area contributed by atoms with E-state index in [1.807, 2.05) is 58.6 Å². The van der Waals surface area contributed by atoms with Crippen LogP contribution < -0.4 is 0 Å². The summed E-state index contributed by atoms with van der Waals surface area (Å²) < 4.78 is 8.77. The van der Waals surface area contributed by atoms with E-state index in [0.717, 1.165) is 33.7 Å². The van der Waals surface area contributed by atoms with Crippen molar-refractivity contribution in [1.82, 2.24) is 24.5 Å². The molecule has 0 N–H and O–H groups in total. The lowest BCUT2D eigenvalue weighted by Gasteiger charge is -2.12. The van der Waals surface area contributed by atoms with Gasteiger partial charge < -0.3 is 4.74 Å². The van der Waals surface area contributed by atoms with Crippen LogP contribution in [-0.2, 0) is 16.6 Å². The van der Waals surface area contributed by atoms with E-state index < -0.39 is 0 Å². The Hall–Kier alpha value is -2.70. The second kappa shape index (κ2) is 6.31. The number of aromatic nitrogens is 5. The SMILES string of the molecule is CCOC(=O)C(C)c1c(C)nn(-c2cc3cn(C)nc3nc2C)c1C. The van der Waals surface area contributed by atoms with E-state index in [1.165, 1.54) is 0 Å². The molecule has 0 saturated heterocycles. The standard InChI is InChI=1S/C18H23N5O2/c1-7-25-18(24)10(2)16-12(4)20-23(13(16)5)15-8-14-9-22(6)21-17(14)19-11(15)3/h8-10H,7H2,1-6H3. The van der Waals surface area contributed by atoms with Gasteiger partial charge in [0.25, 0.3) is 0 Å². The lowest BCUT2D eigenvalue weighted by molar-refractivity contribution is -0.144. The first kappa shape index (κ1) is 17.1. The smallest absolute Gasteiger partial charge is 0.313 e. The molecular weight excluding hydrogens is 318 g/mol. The maximum atomic E-state index is 12.2. The summed E-state index contributed by atoms with van der Waals surface area (Å²) in [7, 11) is 1.87. The molecule has 3 aromatic rings. The first-order valence-corrected chi connectivity index (χ1v) is 8.37. The molecule has 1 atom stereocenters. The van der Waals surface area contributed by atoms with Gasteiger partial charge in [0.05, 0.1) is 29.6 Å². The van der Waals surface area contributed by atoms with Crippen LogP contribution in [0.4, 0.5) is 0 Å². The number of hydrogen-bond acceptors (Lipinski definition) is 5. The van der Waals surface area contributed by atoms with Gasteiger partial charge in [0.1, 0.15) is 0 Å². The maximum Gasteiger partial charge on any atom is 0.313 e. The predicted molar refractivity (Wildman–Crippen MR) is 94.9 cm³/mol. The largest absolute Gasteiger partial charge is 0.466 e. The summed E-state index contributed by atoms with van der Waals surface area (Å²) in [5.74, 6) is -0.588. The molecule has 3 heterocycles. The van der Waals surface area contributed by atoms with Gasteiger partial charge in [-0.15, -0.1) is 0 Å². The summed E-state index contributed by atoms with van der Waals surface area (Å²) >= 11 is 0. The quantitative estimate of drug-likeness (QED) is 0.682. The van der Waals surface area contributed by atoms with Gasteiger partial charge in [-0.1, -0.05) is 0 Å². The molecule has 3 rings (SSSR count). The summed E-state index contributed by atoms with van der Waals surface area (Å²) in [6.07, 6.45) is 1.93. The number of rotatable bonds is 4. The topological polar surface area (TPSA) is 74.8 Å². The van der Waals surface area contributed by atoms with Crippen LogP contribution in [-0.4, -0.2) is 37.1 Å². The highest BCUT2D eigenvalue weighted by molar-refractivity contribution is 5.79. The summed E-state index contributed by atoms with van der Waals surface area (Å²) in [4.78, 5) is 16.7. The van der Waals surface area contributed by atoms with Crippen molar-refractivity contribution in [2.24, 2.45) is 7.05 Å². The number of esters is 1. The molecule has 7 heteroatoms. The van der Waals surface area contributed by atoms with Crippen LogP contribution in [0.1, 0.15) is 42.4 Å². The Labute approximate surface area is 146 Å². The number of ether oxygens (including phenoxy) is 1. The lowest BCUT2D eigenvalue weighted by atomic mass is 9.99.